The van der Waals surface area contributed by atoms with E-state index in [1.807, 2.05) is 0 Å². The van der Waals surface area contributed by atoms with Crippen LogP contribution < -0.4 is 10.1 Å². The highest BCUT2D eigenvalue weighted by molar-refractivity contribution is 5.58. The number of hydrogen-bond acceptors (Lipinski definition) is 2. The molecule has 3 rings (SSSR count). The normalized spacial score (nSPS) is 14.1. The van der Waals surface area contributed by atoms with Crippen LogP contribution in [0, 0.1) is 6.92 Å². The fourth-order valence-corrected chi connectivity index (χ4v) is 2.62. The second-order valence-corrected chi connectivity index (χ2v) is 5.53. The van der Waals surface area contributed by atoms with Gasteiger partial charge in [0.05, 0.1) is 12.8 Å². The molecule has 2 aromatic rings. The predicted molar refractivity (Wildman–Crippen MR) is 83.5 cm³/mol. The highest BCUT2D eigenvalue weighted by Gasteiger charge is 2.25. The Morgan fingerprint density at radius 1 is 1.15 bits per heavy atom. The molecule has 0 heterocycles. The molecule has 2 nitrogen and oxygen atoms in total. The first-order chi connectivity index (χ1) is 9.78. The molecule has 0 aromatic heterocycles. The highest BCUT2D eigenvalue weighted by Crippen LogP contribution is 2.41. The maximum atomic E-state index is 5.44. The lowest BCUT2D eigenvalue weighted by molar-refractivity contribution is 0.416. The molecule has 0 unspecified atom stereocenters. The SMILES string of the molecule is COc1cc(C)ccc1NCc1ccccc1C1CC1. The van der Waals surface area contributed by atoms with Crippen molar-refractivity contribution >= 4 is 5.69 Å². The Morgan fingerprint density at radius 3 is 2.70 bits per heavy atom. The monoisotopic (exact) mass is 267 g/mol. The fourth-order valence-electron chi connectivity index (χ4n) is 2.62. The van der Waals surface area contributed by atoms with Crippen LogP contribution in [-0.4, -0.2) is 7.11 Å². The zero-order valence-electron chi connectivity index (χ0n) is 12.1. The van der Waals surface area contributed by atoms with Crippen LogP contribution in [0.4, 0.5) is 5.69 Å². The number of benzene rings is 2. The van der Waals surface area contributed by atoms with Gasteiger partial charge in [0.1, 0.15) is 5.75 Å². The van der Waals surface area contributed by atoms with Gasteiger partial charge in [-0.05, 0) is 54.5 Å². The second-order valence-electron chi connectivity index (χ2n) is 5.53. The Balaban J connectivity index is 1.76. The summed E-state index contributed by atoms with van der Waals surface area (Å²) in [6.45, 7) is 2.93. The molecule has 0 saturated heterocycles. The average Bonchev–Trinajstić information content (AvgIpc) is 3.31. The summed E-state index contributed by atoms with van der Waals surface area (Å²) < 4.78 is 5.44. The van der Waals surface area contributed by atoms with Crippen LogP contribution in [0.25, 0.3) is 0 Å². The van der Waals surface area contributed by atoms with Gasteiger partial charge >= 0.3 is 0 Å². The van der Waals surface area contributed by atoms with Gasteiger partial charge in [-0.25, -0.2) is 0 Å². The molecule has 1 N–H and O–H groups in total. The molecule has 0 aliphatic heterocycles. The number of nitrogens with one attached hydrogen (secondary N) is 1. The molecule has 104 valence electrons. The predicted octanol–water partition coefficient (Wildman–Crippen LogP) is 4.49. The number of rotatable bonds is 5. The molecule has 1 fully saturated rings. The fraction of sp³-hybridized carbons (Fsp3) is 0.333. The van der Waals surface area contributed by atoms with E-state index in [2.05, 4.69) is 54.7 Å². The molecule has 20 heavy (non-hydrogen) atoms. The number of methoxy groups -OCH3 is 1. The number of ether oxygens (including phenoxy) is 1. The first-order valence-corrected chi connectivity index (χ1v) is 7.24. The highest BCUT2D eigenvalue weighted by atomic mass is 16.5. The zero-order chi connectivity index (χ0) is 13.9. The van der Waals surface area contributed by atoms with E-state index in [0.717, 1.165) is 23.9 Å². The van der Waals surface area contributed by atoms with Crippen molar-refractivity contribution in [2.24, 2.45) is 0 Å². The lowest BCUT2D eigenvalue weighted by atomic mass is 10.0. The van der Waals surface area contributed by atoms with Crippen LogP contribution in [0.2, 0.25) is 0 Å². The van der Waals surface area contributed by atoms with Crippen LogP contribution in [0.3, 0.4) is 0 Å². The first kappa shape index (κ1) is 13.0. The molecule has 0 spiro atoms. The van der Waals surface area contributed by atoms with E-state index in [-0.39, 0.29) is 0 Å². The quantitative estimate of drug-likeness (QED) is 0.861. The smallest absolute Gasteiger partial charge is 0.142 e. The van der Waals surface area contributed by atoms with Crippen molar-refractivity contribution in [1.29, 1.82) is 0 Å². The maximum absolute atomic E-state index is 5.44. The van der Waals surface area contributed by atoms with Crippen LogP contribution in [-0.2, 0) is 6.54 Å². The van der Waals surface area contributed by atoms with Gasteiger partial charge in [0.15, 0.2) is 0 Å². The lowest BCUT2D eigenvalue weighted by Gasteiger charge is -2.14. The minimum Gasteiger partial charge on any atom is -0.495 e. The summed E-state index contributed by atoms with van der Waals surface area (Å²) in [6.07, 6.45) is 2.68. The summed E-state index contributed by atoms with van der Waals surface area (Å²) in [4.78, 5) is 0. The van der Waals surface area contributed by atoms with E-state index in [1.165, 1.54) is 29.5 Å². The lowest BCUT2D eigenvalue weighted by Crippen LogP contribution is -2.04. The van der Waals surface area contributed by atoms with E-state index in [0.29, 0.717) is 0 Å². The molecular formula is C18H21NO. The zero-order valence-corrected chi connectivity index (χ0v) is 12.1. The molecule has 1 saturated carbocycles. The Kier molecular flexibility index (Phi) is 3.64. The van der Waals surface area contributed by atoms with E-state index in [1.54, 1.807) is 7.11 Å². The van der Waals surface area contributed by atoms with E-state index < -0.39 is 0 Å². The maximum Gasteiger partial charge on any atom is 0.142 e. The minimum atomic E-state index is 0.785. The van der Waals surface area contributed by atoms with Crippen molar-refractivity contribution < 1.29 is 4.74 Å². The number of anilines is 1. The Bertz CT molecular complexity index is 602. The Labute approximate surface area is 120 Å². The van der Waals surface area contributed by atoms with Crippen molar-refractivity contribution in [2.75, 3.05) is 12.4 Å². The standard InChI is InChI=1S/C18H21NO/c1-13-7-10-17(18(11-13)20-2)19-12-15-5-3-4-6-16(15)14-8-9-14/h3-7,10-11,14,19H,8-9,12H2,1-2H3. The van der Waals surface area contributed by atoms with Crippen molar-refractivity contribution in [3.63, 3.8) is 0 Å². The van der Waals surface area contributed by atoms with E-state index in [9.17, 15) is 0 Å². The van der Waals surface area contributed by atoms with Crippen molar-refractivity contribution in [3.05, 3.63) is 59.2 Å². The van der Waals surface area contributed by atoms with Gasteiger partial charge in [0.25, 0.3) is 0 Å². The third-order valence-electron chi connectivity index (χ3n) is 3.90. The van der Waals surface area contributed by atoms with Crippen molar-refractivity contribution in [2.45, 2.75) is 32.2 Å². The molecule has 0 bridgehead atoms. The van der Waals surface area contributed by atoms with Gasteiger partial charge in [0, 0.05) is 6.54 Å². The number of aryl methyl sites for hydroxylation is 1. The summed E-state index contributed by atoms with van der Waals surface area (Å²) in [7, 11) is 1.72. The van der Waals surface area contributed by atoms with E-state index in [4.69, 9.17) is 4.74 Å². The van der Waals surface area contributed by atoms with Crippen LogP contribution in [0.1, 0.15) is 35.4 Å². The largest absolute Gasteiger partial charge is 0.495 e. The summed E-state index contributed by atoms with van der Waals surface area (Å²) in [5, 5.41) is 3.51. The summed E-state index contributed by atoms with van der Waals surface area (Å²) >= 11 is 0. The van der Waals surface area contributed by atoms with Gasteiger partial charge < -0.3 is 10.1 Å². The first-order valence-electron chi connectivity index (χ1n) is 7.24. The topological polar surface area (TPSA) is 21.3 Å². The van der Waals surface area contributed by atoms with Gasteiger partial charge in [-0.15, -0.1) is 0 Å². The van der Waals surface area contributed by atoms with Gasteiger partial charge in [-0.3, -0.25) is 0 Å². The molecule has 0 radical (unpaired) electrons. The second kappa shape index (κ2) is 5.58. The van der Waals surface area contributed by atoms with Gasteiger partial charge in [0.2, 0.25) is 0 Å². The molecule has 1 aliphatic carbocycles. The van der Waals surface area contributed by atoms with Gasteiger partial charge in [-0.2, -0.15) is 0 Å². The summed E-state index contributed by atoms with van der Waals surface area (Å²) in [6, 6.07) is 15.0. The molecule has 2 heteroatoms. The van der Waals surface area contributed by atoms with Crippen LogP contribution >= 0.6 is 0 Å². The summed E-state index contributed by atoms with van der Waals surface area (Å²) in [5.74, 6) is 1.70. The van der Waals surface area contributed by atoms with Gasteiger partial charge in [-0.1, -0.05) is 30.3 Å². The third kappa shape index (κ3) is 2.79. The van der Waals surface area contributed by atoms with Crippen molar-refractivity contribution in [3.8, 4) is 5.75 Å². The molecule has 0 atom stereocenters. The van der Waals surface area contributed by atoms with Crippen LogP contribution in [0.15, 0.2) is 42.5 Å². The molecular weight excluding hydrogens is 246 g/mol. The molecule has 1 aliphatic rings. The minimum absolute atomic E-state index is 0.785. The van der Waals surface area contributed by atoms with Crippen molar-refractivity contribution in [1.82, 2.24) is 0 Å². The number of hydrogen-bond donors (Lipinski definition) is 1. The van der Waals surface area contributed by atoms with E-state index >= 15 is 0 Å². The summed E-state index contributed by atoms with van der Waals surface area (Å²) in [5.41, 5.74) is 5.18. The third-order valence-corrected chi connectivity index (χ3v) is 3.90. The average molecular weight is 267 g/mol. The molecule has 0 amide bonds. The Hall–Kier alpha value is -1.96. The Morgan fingerprint density at radius 2 is 1.95 bits per heavy atom. The van der Waals surface area contributed by atoms with Crippen LogP contribution in [0.5, 0.6) is 5.75 Å². The molecule has 2 aromatic carbocycles.